The van der Waals surface area contributed by atoms with Crippen molar-refractivity contribution in [3.63, 3.8) is 0 Å². The molecule has 33 heavy (non-hydrogen) atoms. The van der Waals surface area contributed by atoms with Crippen molar-refractivity contribution in [2.75, 3.05) is 0 Å². The van der Waals surface area contributed by atoms with Crippen molar-refractivity contribution >= 4 is 11.6 Å². The number of ether oxygens (including phenoxy) is 1. The highest BCUT2D eigenvalue weighted by Gasteiger charge is 2.32. The van der Waals surface area contributed by atoms with E-state index in [-0.39, 0.29) is 6.10 Å². The molecule has 6 nitrogen and oxygen atoms in total. The van der Waals surface area contributed by atoms with E-state index in [1.54, 1.807) is 6.20 Å². The highest BCUT2D eigenvalue weighted by atomic mass is 35.5. The molecular weight excluding hydrogens is 434 g/mol. The molecule has 3 heterocycles. The zero-order valence-electron chi connectivity index (χ0n) is 18.8. The van der Waals surface area contributed by atoms with E-state index in [0.717, 1.165) is 55.2 Å². The SMILES string of the molecule is Clc1ccc2c(c1)CC(NC1CCC1)Cc1nnc([C@H]3CC[C@H](Oc4ccccn4)CC3)n1-2. The van der Waals surface area contributed by atoms with Crippen LogP contribution in [0.1, 0.15) is 68.1 Å². The van der Waals surface area contributed by atoms with Gasteiger partial charge in [-0.1, -0.05) is 24.1 Å². The van der Waals surface area contributed by atoms with Crippen LogP contribution in [0.15, 0.2) is 42.6 Å². The fourth-order valence-electron chi connectivity index (χ4n) is 5.54. The van der Waals surface area contributed by atoms with E-state index in [4.69, 9.17) is 26.5 Å². The molecule has 2 saturated carbocycles. The Balaban J connectivity index is 1.24. The summed E-state index contributed by atoms with van der Waals surface area (Å²) in [7, 11) is 0. The Morgan fingerprint density at radius 1 is 0.939 bits per heavy atom. The molecule has 7 heteroatoms. The van der Waals surface area contributed by atoms with Crippen LogP contribution in [0.25, 0.3) is 5.69 Å². The van der Waals surface area contributed by atoms with Crippen LogP contribution in [0.2, 0.25) is 5.02 Å². The van der Waals surface area contributed by atoms with Gasteiger partial charge in [-0.05, 0) is 74.8 Å². The van der Waals surface area contributed by atoms with Gasteiger partial charge < -0.3 is 10.1 Å². The van der Waals surface area contributed by atoms with E-state index in [1.807, 2.05) is 24.3 Å². The van der Waals surface area contributed by atoms with Crippen molar-refractivity contribution in [3.05, 3.63) is 64.8 Å². The lowest BCUT2D eigenvalue weighted by Gasteiger charge is -2.31. The molecule has 0 bridgehead atoms. The normalized spacial score (nSPS) is 24.9. The predicted molar refractivity (Wildman–Crippen MR) is 128 cm³/mol. The summed E-state index contributed by atoms with van der Waals surface area (Å²) in [6.07, 6.45) is 11.8. The van der Waals surface area contributed by atoms with Gasteiger partial charge in [0.1, 0.15) is 17.8 Å². The number of hydrogen-bond acceptors (Lipinski definition) is 5. The number of aromatic nitrogens is 4. The summed E-state index contributed by atoms with van der Waals surface area (Å²) < 4.78 is 8.45. The van der Waals surface area contributed by atoms with Crippen LogP contribution in [0, 0.1) is 0 Å². The minimum atomic E-state index is 0.213. The zero-order valence-corrected chi connectivity index (χ0v) is 19.5. The smallest absolute Gasteiger partial charge is 0.213 e. The molecule has 0 radical (unpaired) electrons. The van der Waals surface area contributed by atoms with Gasteiger partial charge in [0.25, 0.3) is 0 Å². The second kappa shape index (κ2) is 9.07. The first-order valence-corrected chi connectivity index (χ1v) is 12.7. The van der Waals surface area contributed by atoms with Gasteiger partial charge in [0.15, 0.2) is 0 Å². The minimum absolute atomic E-state index is 0.213. The maximum absolute atomic E-state index is 6.41. The molecular formula is C26H30ClN5O. The van der Waals surface area contributed by atoms with E-state index in [1.165, 1.54) is 30.5 Å². The Hall–Kier alpha value is -2.44. The molecule has 1 unspecified atom stereocenters. The summed E-state index contributed by atoms with van der Waals surface area (Å²) in [5.41, 5.74) is 2.48. The van der Waals surface area contributed by atoms with E-state index in [9.17, 15) is 0 Å². The zero-order chi connectivity index (χ0) is 22.2. The number of fused-ring (bicyclic) bond motifs is 3. The molecule has 0 amide bonds. The van der Waals surface area contributed by atoms with Crippen LogP contribution in [0.4, 0.5) is 0 Å². The van der Waals surface area contributed by atoms with Crippen LogP contribution >= 0.6 is 11.6 Å². The van der Waals surface area contributed by atoms with Crippen LogP contribution in [0.3, 0.4) is 0 Å². The van der Waals surface area contributed by atoms with E-state index in [0.29, 0.717) is 23.9 Å². The lowest BCUT2D eigenvalue weighted by atomic mass is 9.86. The number of pyridine rings is 1. The molecule has 1 N–H and O–H groups in total. The lowest BCUT2D eigenvalue weighted by Crippen LogP contribution is -2.44. The first kappa shape index (κ1) is 21.1. The topological polar surface area (TPSA) is 64.9 Å². The molecule has 6 rings (SSSR count). The van der Waals surface area contributed by atoms with Gasteiger partial charge >= 0.3 is 0 Å². The van der Waals surface area contributed by atoms with Crippen molar-refractivity contribution in [1.29, 1.82) is 0 Å². The Kier molecular flexibility index (Phi) is 5.80. The third-order valence-corrected chi connectivity index (χ3v) is 7.71. The molecule has 0 spiro atoms. The molecule has 2 aliphatic carbocycles. The van der Waals surface area contributed by atoms with Gasteiger partial charge in [0.2, 0.25) is 5.88 Å². The lowest BCUT2D eigenvalue weighted by molar-refractivity contribution is 0.139. The van der Waals surface area contributed by atoms with E-state index in [2.05, 4.69) is 27.0 Å². The van der Waals surface area contributed by atoms with Crippen molar-refractivity contribution in [2.24, 2.45) is 0 Å². The van der Waals surface area contributed by atoms with Crippen molar-refractivity contribution in [3.8, 4) is 11.6 Å². The van der Waals surface area contributed by atoms with Gasteiger partial charge in [0, 0.05) is 41.7 Å². The molecule has 1 aliphatic heterocycles. The largest absolute Gasteiger partial charge is 0.474 e. The van der Waals surface area contributed by atoms with E-state index >= 15 is 0 Å². The van der Waals surface area contributed by atoms with Crippen LogP contribution in [-0.2, 0) is 12.8 Å². The average molecular weight is 464 g/mol. The first-order valence-electron chi connectivity index (χ1n) is 12.3. The second-order valence-electron chi connectivity index (χ2n) is 9.74. The molecule has 1 aromatic carbocycles. The average Bonchev–Trinajstić information content (AvgIpc) is 3.14. The Morgan fingerprint density at radius 3 is 2.58 bits per heavy atom. The van der Waals surface area contributed by atoms with Crippen molar-refractivity contribution in [1.82, 2.24) is 25.1 Å². The third-order valence-electron chi connectivity index (χ3n) is 7.47. The summed E-state index contributed by atoms with van der Waals surface area (Å²) in [5, 5.41) is 14.1. The summed E-state index contributed by atoms with van der Waals surface area (Å²) in [6.45, 7) is 0. The predicted octanol–water partition coefficient (Wildman–Crippen LogP) is 5.03. The van der Waals surface area contributed by atoms with Crippen molar-refractivity contribution in [2.45, 2.75) is 81.9 Å². The molecule has 2 aromatic heterocycles. The molecule has 1 atom stereocenters. The van der Waals surface area contributed by atoms with Gasteiger partial charge in [-0.15, -0.1) is 10.2 Å². The van der Waals surface area contributed by atoms with Gasteiger partial charge in [-0.3, -0.25) is 4.57 Å². The number of halogens is 1. The van der Waals surface area contributed by atoms with Crippen molar-refractivity contribution < 1.29 is 4.74 Å². The first-order chi connectivity index (χ1) is 16.2. The molecule has 2 fully saturated rings. The Bertz CT molecular complexity index is 1110. The Labute approximate surface area is 199 Å². The maximum atomic E-state index is 6.41. The third kappa shape index (κ3) is 4.38. The molecule has 3 aromatic rings. The summed E-state index contributed by atoms with van der Waals surface area (Å²) in [6, 6.07) is 13.1. The summed E-state index contributed by atoms with van der Waals surface area (Å²) in [5.74, 6) is 3.26. The fourth-order valence-corrected chi connectivity index (χ4v) is 5.73. The summed E-state index contributed by atoms with van der Waals surface area (Å²) >= 11 is 6.41. The van der Waals surface area contributed by atoms with Gasteiger partial charge in [-0.2, -0.15) is 0 Å². The van der Waals surface area contributed by atoms with Crippen LogP contribution in [-0.4, -0.2) is 37.9 Å². The highest BCUT2D eigenvalue weighted by Crippen LogP contribution is 2.37. The quantitative estimate of drug-likeness (QED) is 0.574. The highest BCUT2D eigenvalue weighted by molar-refractivity contribution is 6.30. The maximum Gasteiger partial charge on any atom is 0.213 e. The monoisotopic (exact) mass is 463 g/mol. The Morgan fingerprint density at radius 2 is 1.82 bits per heavy atom. The fraction of sp³-hybridized carbons (Fsp3) is 0.500. The number of hydrogen-bond donors (Lipinski definition) is 1. The second-order valence-corrected chi connectivity index (χ2v) is 10.2. The molecule has 0 saturated heterocycles. The number of nitrogens with one attached hydrogen (secondary N) is 1. The molecule has 172 valence electrons. The van der Waals surface area contributed by atoms with Gasteiger partial charge in [0.05, 0.1) is 5.69 Å². The number of rotatable bonds is 5. The molecule has 3 aliphatic rings. The van der Waals surface area contributed by atoms with Crippen LogP contribution < -0.4 is 10.1 Å². The summed E-state index contributed by atoms with van der Waals surface area (Å²) in [4.78, 5) is 4.31. The number of nitrogens with zero attached hydrogens (tertiary/aromatic N) is 4. The standard InChI is InChI=1S/C26H30ClN5O/c27-19-9-12-23-18(14-19)15-21(29-20-4-3-5-20)16-24-30-31-26(32(23)24)17-7-10-22(11-8-17)33-25-6-1-2-13-28-25/h1-2,6,9,12-14,17,20-22,29H,3-5,7-8,10-11,15-16H2/t17-,21?,22-. The van der Waals surface area contributed by atoms with E-state index < -0.39 is 0 Å². The number of benzene rings is 1. The van der Waals surface area contributed by atoms with Crippen LogP contribution in [0.5, 0.6) is 5.88 Å². The minimum Gasteiger partial charge on any atom is -0.474 e. The van der Waals surface area contributed by atoms with Gasteiger partial charge in [-0.25, -0.2) is 4.98 Å².